The highest BCUT2D eigenvalue weighted by Crippen LogP contribution is 2.20. The molecule has 1 aromatic carbocycles. The number of halogens is 1. The Balaban J connectivity index is 2.14. The first kappa shape index (κ1) is 17.9. The number of anilines is 1. The summed E-state index contributed by atoms with van der Waals surface area (Å²) in [5, 5.41) is 6.08. The van der Waals surface area contributed by atoms with Crippen molar-refractivity contribution in [2.75, 3.05) is 11.9 Å². The summed E-state index contributed by atoms with van der Waals surface area (Å²) in [5.74, 6) is -0.345. The number of aromatic nitrogens is 1. The van der Waals surface area contributed by atoms with Gasteiger partial charge in [0.15, 0.2) is 0 Å². The van der Waals surface area contributed by atoms with Gasteiger partial charge in [-0.1, -0.05) is 37.6 Å². The molecule has 0 saturated heterocycles. The second-order valence-electron chi connectivity index (χ2n) is 5.93. The topological polar surface area (TPSA) is 71.1 Å². The van der Waals surface area contributed by atoms with E-state index in [1.165, 1.54) is 0 Å². The minimum absolute atomic E-state index is 0.173. The van der Waals surface area contributed by atoms with Crippen molar-refractivity contribution >= 4 is 29.1 Å². The Kier molecular flexibility index (Phi) is 5.93. The first-order valence-corrected chi connectivity index (χ1v) is 8.07. The second kappa shape index (κ2) is 7.93. The Bertz CT molecular complexity index is 760. The number of nitrogens with zero attached hydrogens (tertiary/aromatic N) is 1. The third-order valence-electron chi connectivity index (χ3n) is 3.33. The van der Waals surface area contributed by atoms with Gasteiger partial charge in [0.25, 0.3) is 11.8 Å². The molecule has 5 nitrogen and oxygen atoms in total. The molecule has 0 radical (unpaired) electrons. The number of amides is 2. The predicted octanol–water partition coefficient (Wildman–Crippen LogP) is 3.68. The molecule has 0 aliphatic heterocycles. The SMILES string of the molecule is Cc1ccc(Cl)cc1NC(=O)c1cccc(C(=O)NCC(C)C)n1. The molecule has 24 heavy (non-hydrogen) atoms. The van der Waals surface area contributed by atoms with Crippen LogP contribution in [0.4, 0.5) is 5.69 Å². The molecule has 0 spiro atoms. The molecule has 126 valence electrons. The molecule has 0 aliphatic carbocycles. The zero-order chi connectivity index (χ0) is 17.7. The molecule has 0 fully saturated rings. The first-order chi connectivity index (χ1) is 11.4. The first-order valence-electron chi connectivity index (χ1n) is 7.69. The van der Waals surface area contributed by atoms with Crippen molar-refractivity contribution in [3.8, 4) is 0 Å². The fraction of sp³-hybridized carbons (Fsp3) is 0.278. The van der Waals surface area contributed by atoms with Gasteiger partial charge < -0.3 is 10.6 Å². The van der Waals surface area contributed by atoms with Crippen molar-refractivity contribution < 1.29 is 9.59 Å². The van der Waals surface area contributed by atoms with Crippen LogP contribution in [0.3, 0.4) is 0 Å². The normalized spacial score (nSPS) is 10.5. The van der Waals surface area contributed by atoms with Crippen LogP contribution >= 0.6 is 11.6 Å². The van der Waals surface area contributed by atoms with Gasteiger partial charge >= 0.3 is 0 Å². The molecule has 2 rings (SSSR count). The molecule has 2 aromatic rings. The Morgan fingerprint density at radius 1 is 1.12 bits per heavy atom. The lowest BCUT2D eigenvalue weighted by molar-refractivity contribution is 0.0944. The Morgan fingerprint density at radius 2 is 1.79 bits per heavy atom. The average Bonchev–Trinajstić information content (AvgIpc) is 2.56. The number of pyridine rings is 1. The Hall–Kier alpha value is -2.40. The monoisotopic (exact) mass is 345 g/mol. The van der Waals surface area contributed by atoms with Gasteiger partial charge in [-0.3, -0.25) is 9.59 Å². The van der Waals surface area contributed by atoms with Crippen LogP contribution < -0.4 is 10.6 Å². The van der Waals surface area contributed by atoms with Gasteiger partial charge in [-0.25, -0.2) is 4.98 Å². The summed E-state index contributed by atoms with van der Waals surface area (Å²) in [5.41, 5.74) is 1.89. The fourth-order valence-electron chi connectivity index (χ4n) is 1.99. The summed E-state index contributed by atoms with van der Waals surface area (Å²) >= 11 is 5.95. The minimum Gasteiger partial charge on any atom is -0.350 e. The third-order valence-corrected chi connectivity index (χ3v) is 3.57. The zero-order valence-electron chi connectivity index (χ0n) is 13.9. The van der Waals surface area contributed by atoms with Crippen LogP contribution in [0.2, 0.25) is 5.02 Å². The molecule has 6 heteroatoms. The molecular formula is C18H20ClN3O2. The minimum atomic E-state index is -0.390. The number of hydrogen-bond acceptors (Lipinski definition) is 3. The molecule has 2 N–H and O–H groups in total. The summed E-state index contributed by atoms with van der Waals surface area (Å²) in [6.07, 6.45) is 0. The van der Waals surface area contributed by atoms with Crippen molar-refractivity contribution in [2.24, 2.45) is 5.92 Å². The van der Waals surface area contributed by atoms with Crippen molar-refractivity contribution in [3.05, 3.63) is 58.4 Å². The molecule has 2 amide bonds. The number of carbonyl (C=O) groups excluding carboxylic acids is 2. The van der Waals surface area contributed by atoms with E-state index in [1.807, 2.05) is 26.8 Å². The van der Waals surface area contributed by atoms with Crippen LogP contribution in [0.25, 0.3) is 0 Å². The van der Waals surface area contributed by atoms with Crippen LogP contribution in [-0.2, 0) is 0 Å². The highest BCUT2D eigenvalue weighted by atomic mass is 35.5. The number of benzene rings is 1. The van der Waals surface area contributed by atoms with E-state index in [4.69, 9.17) is 11.6 Å². The molecule has 0 atom stereocenters. The zero-order valence-corrected chi connectivity index (χ0v) is 14.6. The number of rotatable bonds is 5. The van der Waals surface area contributed by atoms with Gasteiger partial charge in [0.1, 0.15) is 11.4 Å². The van der Waals surface area contributed by atoms with Gasteiger partial charge in [0, 0.05) is 17.3 Å². The van der Waals surface area contributed by atoms with E-state index in [2.05, 4.69) is 15.6 Å². The molecule has 0 unspecified atom stereocenters. The summed E-state index contributed by atoms with van der Waals surface area (Å²) in [6, 6.07) is 10.0. The molecule has 0 saturated carbocycles. The summed E-state index contributed by atoms with van der Waals surface area (Å²) in [7, 11) is 0. The van der Waals surface area contributed by atoms with E-state index in [0.717, 1.165) is 5.56 Å². The van der Waals surface area contributed by atoms with E-state index in [0.29, 0.717) is 23.2 Å². The van der Waals surface area contributed by atoms with Gasteiger partial charge in [-0.2, -0.15) is 0 Å². The van der Waals surface area contributed by atoms with Gasteiger partial charge in [-0.15, -0.1) is 0 Å². The highest BCUT2D eigenvalue weighted by molar-refractivity contribution is 6.31. The smallest absolute Gasteiger partial charge is 0.274 e. The Morgan fingerprint density at radius 3 is 2.46 bits per heavy atom. The van der Waals surface area contributed by atoms with Gasteiger partial charge in [0.05, 0.1) is 0 Å². The molecule has 0 aliphatic rings. The summed E-state index contributed by atoms with van der Waals surface area (Å²) in [4.78, 5) is 28.6. The van der Waals surface area contributed by atoms with Crippen LogP contribution in [0.15, 0.2) is 36.4 Å². The van der Waals surface area contributed by atoms with E-state index in [1.54, 1.807) is 30.3 Å². The van der Waals surface area contributed by atoms with E-state index in [9.17, 15) is 9.59 Å². The quantitative estimate of drug-likeness (QED) is 0.868. The van der Waals surface area contributed by atoms with Crippen molar-refractivity contribution in [3.63, 3.8) is 0 Å². The maximum Gasteiger partial charge on any atom is 0.274 e. The van der Waals surface area contributed by atoms with Crippen molar-refractivity contribution in [1.29, 1.82) is 0 Å². The number of nitrogens with one attached hydrogen (secondary N) is 2. The van der Waals surface area contributed by atoms with Crippen LogP contribution in [0, 0.1) is 12.8 Å². The van der Waals surface area contributed by atoms with E-state index < -0.39 is 0 Å². The summed E-state index contributed by atoms with van der Waals surface area (Å²) in [6.45, 7) is 6.43. The molecule has 1 heterocycles. The number of hydrogen-bond donors (Lipinski definition) is 2. The maximum atomic E-state index is 12.4. The van der Waals surface area contributed by atoms with Crippen LogP contribution in [0.1, 0.15) is 40.4 Å². The van der Waals surface area contributed by atoms with Crippen LogP contribution in [-0.4, -0.2) is 23.3 Å². The number of carbonyl (C=O) groups is 2. The maximum absolute atomic E-state index is 12.4. The van der Waals surface area contributed by atoms with Gasteiger partial charge in [-0.05, 0) is 42.7 Å². The number of aryl methyl sites for hydroxylation is 1. The predicted molar refractivity (Wildman–Crippen MR) is 95.6 cm³/mol. The average molecular weight is 346 g/mol. The van der Waals surface area contributed by atoms with Gasteiger partial charge in [0.2, 0.25) is 0 Å². The molecular weight excluding hydrogens is 326 g/mol. The lowest BCUT2D eigenvalue weighted by Gasteiger charge is -2.10. The third kappa shape index (κ3) is 4.80. The van der Waals surface area contributed by atoms with Crippen molar-refractivity contribution in [1.82, 2.24) is 10.3 Å². The fourth-order valence-corrected chi connectivity index (χ4v) is 2.16. The molecule has 1 aromatic heterocycles. The van der Waals surface area contributed by atoms with E-state index in [-0.39, 0.29) is 23.2 Å². The standard InChI is InChI=1S/C18H20ClN3O2/c1-11(2)10-20-17(23)14-5-4-6-15(21-14)18(24)22-16-9-13(19)8-7-12(16)3/h4-9,11H,10H2,1-3H3,(H,20,23)(H,22,24). The lowest BCUT2D eigenvalue weighted by atomic mass is 10.2. The van der Waals surface area contributed by atoms with Crippen LogP contribution in [0.5, 0.6) is 0 Å². The highest BCUT2D eigenvalue weighted by Gasteiger charge is 2.13. The second-order valence-corrected chi connectivity index (χ2v) is 6.36. The Labute approximate surface area is 146 Å². The van der Waals surface area contributed by atoms with E-state index >= 15 is 0 Å². The molecule has 0 bridgehead atoms. The summed E-state index contributed by atoms with van der Waals surface area (Å²) < 4.78 is 0. The van der Waals surface area contributed by atoms with Crippen molar-refractivity contribution in [2.45, 2.75) is 20.8 Å². The lowest BCUT2D eigenvalue weighted by Crippen LogP contribution is -2.28. The largest absolute Gasteiger partial charge is 0.350 e.